The zero-order valence-electron chi connectivity index (χ0n) is 9.47. The van der Waals surface area contributed by atoms with E-state index in [9.17, 15) is 10.0 Å². The third kappa shape index (κ3) is 3.13. The number of rotatable bonds is 3. The van der Waals surface area contributed by atoms with E-state index in [0.717, 1.165) is 5.56 Å². The van der Waals surface area contributed by atoms with Crippen LogP contribution in [0.1, 0.15) is 15.9 Å². The average Bonchev–Trinajstić information content (AvgIpc) is 2.39. The summed E-state index contributed by atoms with van der Waals surface area (Å²) in [5, 5.41) is 11.8. The Morgan fingerprint density at radius 1 is 1.28 bits per heavy atom. The lowest BCUT2D eigenvalue weighted by molar-refractivity contribution is -0.773. The highest BCUT2D eigenvalue weighted by Crippen LogP contribution is 2.09. The number of nitrogens with one attached hydrogen (secondary N) is 1. The Kier molecular flexibility index (Phi) is 4.04. The van der Waals surface area contributed by atoms with Crippen LogP contribution in [0.5, 0.6) is 0 Å². The number of amides is 1. The summed E-state index contributed by atoms with van der Waals surface area (Å²) >= 11 is 5.78. The van der Waals surface area contributed by atoms with Crippen LogP contribution in [0.2, 0.25) is 5.02 Å². The number of hydroxylamine groups is 2. The monoisotopic (exact) mass is 262 g/mol. The van der Waals surface area contributed by atoms with Gasteiger partial charge in [0.25, 0.3) is 0 Å². The number of benzene rings is 1. The van der Waals surface area contributed by atoms with E-state index in [4.69, 9.17) is 11.6 Å². The molecule has 5 heteroatoms. The van der Waals surface area contributed by atoms with Gasteiger partial charge < -0.3 is 10.3 Å². The maximum Gasteiger partial charge on any atom is 0.344 e. The normalized spacial score (nSPS) is 12.1. The Hall–Kier alpha value is -1.75. The molecule has 2 aromatic rings. The Morgan fingerprint density at radius 3 is 2.67 bits per heavy atom. The second-order valence-corrected chi connectivity index (χ2v) is 4.23. The van der Waals surface area contributed by atoms with Crippen molar-refractivity contribution < 1.29 is 9.86 Å². The van der Waals surface area contributed by atoms with Gasteiger partial charge in [0.1, 0.15) is 6.54 Å². The van der Waals surface area contributed by atoms with Gasteiger partial charge in [-0.15, -0.1) is 0 Å². The molecule has 1 heterocycles. The van der Waals surface area contributed by atoms with Crippen LogP contribution in [0.25, 0.3) is 0 Å². The molecule has 1 unspecified atom stereocenters. The van der Waals surface area contributed by atoms with E-state index in [-0.39, 0.29) is 6.54 Å². The zero-order chi connectivity index (χ0) is 13.0. The van der Waals surface area contributed by atoms with E-state index in [1.54, 1.807) is 42.7 Å². The predicted octanol–water partition coefficient (Wildman–Crippen LogP) is 1.46. The highest BCUT2D eigenvalue weighted by Gasteiger charge is 2.14. The van der Waals surface area contributed by atoms with E-state index in [2.05, 4.69) is 4.98 Å². The molecule has 1 aromatic heterocycles. The number of nitrogens with zero attached hydrogens (tertiary/aromatic N) is 1. The molecule has 0 radical (unpaired) electrons. The molecule has 0 fully saturated rings. The number of pyridine rings is 1. The minimum atomic E-state index is -0.519. The number of hydrogen-bond donors (Lipinski definition) is 1. The first-order chi connectivity index (χ1) is 8.66. The summed E-state index contributed by atoms with van der Waals surface area (Å²) in [6, 6.07) is 9.81. The molecule has 0 aliphatic rings. The van der Waals surface area contributed by atoms with E-state index in [1.807, 2.05) is 0 Å². The van der Waals surface area contributed by atoms with Crippen LogP contribution in [0, 0.1) is 5.21 Å². The minimum Gasteiger partial charge on any atom is -0.626 e. The van der Waals surface area contributed by atoms with Gasteiger partial charge in [0.2, 0.25) is 0 Å². The second-order valence-electron chi connectivity index (χ2n) is 3.79. The van der Waals surface area contributed by atoms with Crippen LogP contribution in [0.3, 0.4) is 0 Å². The summed E-state index contributed by atoms with van der Waals surface area (Å²) < 4.78 is 0. The third-order valence-corrected chi connectivity index (χ3v) is 2.69. The molecule has 0 aliphatic heterocycles. The standard InChI is InChI=1S/C13H11ClN2O2/c14-12-3-1-2-11(8-12)13(17)16(18)9-10-4-6-15-7-5-10/h1-8,16H,9H2. The Labute approximate surface area is 109 Å². The van der Waals surface area contributed by atoms with Crippen molar-refractivity contribution in [3.05, 3.63) is 70.1 Å². The predicted molar refractivity (Wildman–Crippen MR) is 68.1 cm³/mol. The van der Waals surface area contributed by atoms with Crippen molar-refractivity contribution in [2.75, 3.05) is 0 Å². The number of quaternary nitrogens is 1. The third-order valence-electron chi connectivity index (χ3n) is 2.45. The quantitative estimate of drug-likeness (QED) is 0.852. The number of halogens is 1. The topological polar surface area (TPSA) is 57.5 Å². The molecule has 1 N–H and O–H groups in total. The van der Waals surface area contributed by atoms with Gasteiger partial charge >= 0.3 is 5.91 Å². The summed E-state index contributed by atoms with van der Waals surface area (Å²) in [4.78, 5) is 15.7. The van der Waals surface area contributed by atoms with E-state index in [1.165, 1.54) is 6.07 Å². The highest BCUT2D eigenvalue weighted by atomic mass is 35.5. The maximum atomic E-state index is 11.9. The van der Waals surface area contributed by atoms with Gasteiger partial charge in [0.15, 0.2) is 0 Å². The Balaban J connectivity index is 2.10. The Morgan fingerprint density at radius 2 is 2.00 bits per heavy atom. The minimum absolute atomic E-state index is 0.0772. The van der Waals surface area contributed by atoms with E-state index < -0.39 is 11.0 Å². The lowest BCUT2D eigenvalue weighted by Gasteiger charge is -2.19. The largest absolute Gasteiger partial charge is 0.626 e. The smallest absolute Gasteiger partial charge is 0.344 e. The van der Waals surface area contributed by atoms with Crippen LogP contribution in [0.15, 0.2) is 48.8 Å². The summed E-state index contributed by atoms with van der Waals surface area (Å²) in [5.74, 6) is -0.519. The number of aromatic nitrogens is 1. The van der Waals surface area contributed by atoms with Crippen molar-refractivity contribution >= 4 is 17.5 Å². The average molecular weight is 263 g/mol. The summed E-state index contributed by atoms with van der Waals surface area (Å²) in [6.45, 7) is 0.0772. The van der Waals surface area contributed by atoms with Crippen LogP contribution in [-0.2, 0) is 6.54 Å². The fourth-order valence-corrected chi connectivity index (χ4v) is 1.75. The van der Waals surface area contributed by atoms with Crippen molar-refractivity contribution in [2.24, 2.45) is 0 Å². The molecule has 18 heavy (non-hydrogen) atoms. The molecule has 0 spiro atoms. The molecule has 1 aromatic carbocycles. The lowest BCUT2D eigenvalue weighted by Crippen LogP contribution is -3.08. The summed E-state index contributed by atoms with van der Waals surface area (Å²) in [5.41, 5.74) is 1.09. The van der Waals surface area contributed by atoms with Gasteiger partial charge in [0, 0.05) is 23.0 Å². The van der Waals surface area contributed by atoms with Gasteiger partial charge in [0.05, 0.1) is 5.56 Å². The number of hydrogen-bond acceptors (Lipinski definition) is 3. The summed E-state index contributed by atoms with van der Waals surface area (Å²) in [6.07, 6.45) is 3.18. The Bertz CT molecular complexity index is 546. The fourth-order valence-electron chi connectivity index (χ4n) is 1.56. The molecule has 1 amide bonds. The van der Waals surface area contributed by atoms with Crippen molar-refractivity contribution in [3.8, 4) is 0 Å². The molecule has 92 valence electrons. The second kappa shape index (κ2) is 5.73. The maximum absolute atomic E-state index is 11.9. The number of carbonyl (C=O) groups is 1. The van der Waals surface area contributed by atoms with Crippen molar-refractivity contribution in [2.45, 2.75) is 6.54 Å². The van der Waals surface area contributed by atoms with Gasteiger partial charge in [-0.3, -0.25) is 4.98 Å². The van der Waals surface area contributed by atoms with Crippen molar-refractivity contribution in [3.63, 3.8) is 0 Å². The van der Waals surface area contributed by atoms with Crippen LogP contribution >= 0.6 is 11.6 Å². The molecule has 0 bridgehead atoms. The van der Waals surface area contributed by atoms with Crippen molar-refractivity contribution in [1.29, 1.82) is 0 Å². The number of carbonyl (C=O) groups excluding carboxylic acids is 1. The van der Waals surface area contributed by atoms with Crippen LogP contribution in [-0.4, -0.2) is 10.9 Å². The lowest BCUT2D eigenvalue weighted by atomic mass is 10.2. The SMILES string of the molecule is O=C(c1cccc(Cl)c1)[NH+]([O-])Cc1ccncc1. The molecule has 4 nitrogen and oxygen atoms in total. The van der Waals surface area contributed by atoms with Gasteiger partial charge in [-0.1, -0.05) is 17.7 Å². The first-order valence-corrected chi connectivity index (χ1v) is 5.76. The van der Waals surface area contributed by atoms with E-state index in [0.29, 0.717) is 10.6 Å². The van der Waals surface area contributed by atoms with Gasteiger partial charge in [-0.2, -0.15) is 0 Å². The fraction of sp³-hybridized carbons (Fsp3) is 0.0769. The first-order valence-electron chi connectivity index (χ1n) is 5.39. The molecule has 0 aliphatic carbocycles. The highest BCUT2D eigenvalue weighted by molar-refractivity contribution is 6.30. The molecule has 0 saturated heterocycles. The molecule has 1 atom stereocenters. The zero-order valence-corrected chi connectivity index (χ0v) is 10.2. The van der Waals surface area contributed by atoms with Crippen LogP contribution < -0.4 is 5.06 Å². The molecular weight excluding hydrogens is 252 g/mol. The van der Waals surface area contributed by atoms with Gasteiger partial charge in [-0.05, 0) is 30.3 Å². The van der Waals surface area contributed by atoms with Crippen molar-refractivity contribution in [1.82, 2.24) is 4.98 Å². The molecule has 2 rings (SSSR count). The molecule has 0 saturated carbocycles. The first kappa shape index (κ1) is 12.7. The summed E-state index contributed by atoms with van der Waals surface area (Å²) in [7, 11) is 0. The molecular formula is C13H11ClN2O2. The van der Waals surface area contributed by atoms with Crippen LogP contribution in [0.4, 0.5) is 0 Å². The van der Waals surface area contributed by atoms with Gasteiger partial charge in [-0.25, -0.2) is 4.79 Å². The van der Waals surface area contributed by atoms with E-state index >= 15 is 0 Å².